The number of ketones is 1. The minimum Gasteiger partial charge on any atom is -0.496 e. The number of carbonyl (C=O) groups excluding carboxylic acids is 1. The van der Waals surface area contributed by atoms with Crippen molar-refractivity contribution >= 4 is 11.9 Å². The molecule has 0 N–H and O–H groups in total. The first-order valence-electron chi connectivity index (χ1n) is 11.2. The fraction of sp³-hybridized carbons (Fsp3) is 0.250. The number of ether oxygens (including phenoxy) is 3. The number of benzene rings is 3. The Morgan fingerprint density at radius 2 is 1.88 bits per heavy atom. The summed E-state index contributed by atoms with van der Waals surface area (Å²) < 4.78 is 17.7. The molecule has 0 unspecified atom stereocenters. The molecule has 0 bridgehead atoms. The number of fused-ring (bicyclic) bond motifs is 3. The predicted octanol–water partition coefficient (Wildman–Crippen LogP) is 5.32. The molecule has 0 aliphatic carbocycles. The Kier molecular flexibility index (Phi) is 5.65. The lowest BCUT2D eigenvalue weighted by Crippen LogP contribution is -2.34. The second-order valence-corrected chi connectivity index (χ2v) is 8.61. The smallest absolute Gasteiger partial charge is 0.232 e. The Bertz CT molecular complexity index is 1240. The number of hydrogen-bond donors (Lipinski definition) is 0. The molecule has 33 heavy (non-hydrogen) atoms. The lowest BCUT2D eigenvalue weighted by Gasteiger charge is -2.30. The summed E-state index contributed by atoms with van der Waals surface area (Å²) in [5, 5.41) is 0. The number of aryl methyl sites for hydroxylation is 2. The van der Waals surface area contributed by atoms with Crippen LogP contribution in [0.5, 0.6) is 17.2 Å². The van der Waals surface area contributed by atoms with E-state index in [4.69, 9.17) is 14.2 Å². The van der Waals surface area contributed by atoms with Gasteiger partial charge in [-0.2, -0.15) is 0 Å². The zero-order valence-electron chi connectivity index (χ0n) is 19.2. The molecule has 5 rings (SSSR count). The number of hydrogen-bond acceptors (Lipinski definition) is 5. The average molecular weight is 442 g/mol. The molecule has 0 fully saturated rings. The Hall–Kier alpha value is -3.57. The number of carbonyl (C=O) groups is 1. The number of allylic oxidation sites excluding steroid dienone is 1. The van der Waals surface area contributed by atoms with Gasteiger partial charge in [-0.3, -0.25) is 9.69 Å². The molecule has 0 atom stereocenters. The van der Waals surface area contributed by atoms with Crippen molar-refractivity contribution in [2.24, 2.45) is 0 Å². The Morgan fingerprint density at radius 1 is 1.09 bits per heavy atom. The van der Waals surface area contributed by atoms with Crippen LogP contribution < -0.4 is 14.2 Å². The van der Waals surface area contributed by atoms with E-state index in [2.05, 4.69) is 11.0 Å². The van der Waals surface area contributed by atoms with Crippen molar-refractivity contribution in [1.82, 2.24) is 4.90 Å². The van der Waals surface area contributed by atoms with Crippen molar-refractivity contribution in [3.05, 3.63) is 93.7 Å². The highest BCUT2D eigenvalue weighted by Gasteiger charge is 2.35. The summed E-state index contributed by atoms with van der Waals surface area (Å²) in [6.07, 6.45) is 2.66. The number of Topliss-reactive ketones (excluding diaryl/α,β-unsaturated/α-hetero) is 1. The molecule has 3 aromatic carbocycles. The molecule has 2 heterocycles. The van der Waals surface area contributed by atoms with Crippen LogP contribution >= 0.6 is 0 Å². The fourth-order valence-corrected chi connectivity index (χ4v) is 4.42. The normalized spacial score (nSPS) is 16.2. The molecule has 3 aromatic rings. The zero-order chi connectivity index (χ0) is 22.9. The molecular formula is C28H27NO4. The standard InChI is InChI=1S/C28H27NO4/c1-18-8-10-20(11-9-18)15-25-27(30)26-19(2)14-24-22(28(26)33-25)16-29(17-32-24)13-12-21-6-4-5-7-23(21)31-3/h4-11,14-15H,12-13,16-17H2,1-3H3/b25-15-. The van der Waals surface area contributed by atoms with Gasteiger partial charge in [0, 0.05) is 13.1 Å². The van der Waals surface area contributed by atoms with E-state index in [9.17, 15) is 4.79 Å². The molecule has 0 radical (unpaired) electrons. The van der Waals surface area contributed by atoms with Crippen LogP contribution in [0.15, 0.2) is 60.4 Å². The van der Waals surface area contributed by atoms with Gasteiger partial charge in [-0.05, 0) is 55.2 Å². The average Bonchev–Trinajstić information content (AvgIpc) is 3.16. The van der Waals surface area contributed by atoms with Gasteiger partial charge in [-0.25, -0.2) is 0 Å². The fourth-order valence-electron chi connectivity index (χ4n) is 4.42. The van der Waals surface area contributed by atoms with E-state index in [-0.39, 0.29) is 5.78 Å². The van der Waals surface area contributed by atoms with Crippen molar-refractivity contribution in [3.8, 4) is 17.2 Å². The summed E-state index contributed by atoms with van der Waals surface area (Å²) in [6.45, 7) is 5.95. The van der Waals surface area contributed by atoms with E-state index in [1.54, 1.807) is 7.11 Å². The van der Waals surface area contributed by atoms with Crippen LogP contribution in [0.4, 0.5) is 0 Å². The molecule has 0 saturated heterocycles. The zero-order valence-corrected chi connectivity index (χ0v) is 19.2. The first-order valence-corrected chi connectivity index (χ1v) is 11.2. The molecule has 0 saturated carbocycles. The molecule has 5 heteroatoms. The Labute approximate surface area is 194 Å². The van der Waals surface area contributed by atoms with Crippen LogP contribution in [-0.2, 0) is 13.0 Å². The van der Waals surface area contributed by atoms with E-state index in [0.717, 1.165) is 46.7 Å². The predicted molar refractivity (Wildman–Crippen MR) is 128 cm³/mol. The number of methoxy groups -OCH3 is 1. The first kappa shape index (κ1) is 21.3. The summed E-state index contributed by atoms with van der Waals surface area (Å²) >= 11 is 0. The highest BCUT2D eigenvalue weighted by molar-refractivity contribution is 6.15. The summed E-state index contributed by atoms with van der Waals surface area (Å²) in [5.74, 6) is 2.61. The minimum atomic E-state index is -0.0722. The largest absolute Gasteiger partial charge is 0.496 e. The topological polar surface area (TPSA) is 48.0 Å². The maximum absolute atomic E-state index is 13.2. The molecular weight excluding hydrogens is 414 g/mol. The highest BCUT2D eigenvalue weighted by Crippen LogP contribution is 2.44. The quantitative estimate of drug-likeness (QED) is 0.502. The van der Waals surface area contributed by atoms with Crippen molar-refractivity contribution in [2.45, 2.75) is 26.8 Å². The van der Waals surface area contributed by atoms with Gasteiger partial charge >= 0.3 is 0 Å². The third-order valence-electron chi connectivity index (χ3n) is 6.25. The van der Waals surface area contributed by atoms with Gasteiger partial charge in [0.05, 0.1) is 18.2 Å². The van der Waals surface area contributed by atoms with Gasteiger partial charge in [-0.15, -0.1) is 0 Å². The van der Waals surface area contributed by atoms with Crippen LogP contribution in [0.3, 0.4) is 0 Å². The second kappa shape index (κ2) is 8.75. The molecule has 0 amide bonds. The maximum Gasteiger partial charge on any atom is 0.232 e. The maximum atomic E-state index is 13.2. The monoisotopic (exact) mass is 441 g/mol. The SMILES string of the molecule is COc1ccccc1CCN1COc2cc(C)c3c(c2C1)O/C(=C\c1ccc(C)cc1)C3=O. The minimum absolute atomic E-state index is 0.0722. The third-order valence-corrected chi connectivity index (χ3v) is 6.25. The van der Waals surface area contributed by atoms with Crippen molar-refractivity contribution in [3.63, 3.8) is 0 Å². The van der Waals surface area contributed by atoms with Crippen LogP contribution in [0.25, 0.3) is 6.08 Å². The molecule has 168 valence electrons. The van der Waals surface area contributed by atoms with Crippen LogP contribution in [0.2, 0.25) is 0 Å². The molecule has 2 aliphatic rings. The van der Waals surface area contributed by atoms with E-state index in [0.29, 0.717) is 30.3 Å². The molecule has 5 nitrogen and oxygen atoms in total. The van der Waals surface area contributed by atoms with E-state index in [1.807, 2.05) is 68.5 Å². The lowest BCUT2D eigenvalue weighted by molar-refractivity contribution is 0.0947. The van der Waals surface area contributed by atoms with Crippen LogP contribution in [0, 0.1) is 13.8 Å². The van der Waals surface area contributed by atoms with Crippen LogP contribution in [-0.4, -0.2) is 31.1 Å². The summed E-state index contributed by atoms with van der Waals surface area (Å²) in [5.41, 5.74) is 5.73. The molecule has 2 aliphatic heterocycles. The van der Waals surface area contributed by atoms with Gasteiger partial charge in [-0.1, -0.05) is 48.0 Å². The van der Waals surface area contributed by atoms with Crippen LogP contribution in [0.1, 0.15) is 38.2 Å². The summed E-state index contributed by atoms with van der Waals surface area (Å²) in [6, 6.07) is 18.1. The summed E-state index contributed by atoms with van der Waals surface area (Å²) in [4.78, 5) is 15.4. The second-order valence-electron chi connectivity index (χ2n) is 8.61. The van der Waals surface area contributed by atoms with Gasteiger partial charge in [0.1, 0.15) is 24.0 Å². The van der Waals surface area contributed by atoms with Crippen molar-refractivity contribution in [2.75, 3.05) is 20.4 Å². The number of para-hydroxylation sites is 1. The Balaban J connectivity index is 1.39. The van der Waals surface area contributed by atoms with E-state index < -0.39 is 0 Å². The van der Waals surface area contributed by atoms with Crippen molar-refractivity contribution in [1.29, 1.82) is 0 Å². The number of nitrogens with zero attached hydrogens (tertiary/aromatic N) is 1. The Morgan fingerprint density at radius 3 is 2.67 bits per heavy atom. The first-order chi connectivity index (χ1) is 16.0. The van der Waals surface area contributed by atoms with Gasteiger partial charge in [0.15, 0.2) is 5.76 Å². The lowest BCUT2D eigenvalue weighted by atomic mass is 9.98. The van der Waals surface area contributed by atoms with Gasteiger partial charge in [0.25, 0.3) is 0 Å². The van der Waals surface area contributed by atoms with E-state index in [1.165, 1.54) is 5.56 Å². The molecule has 0 spiro atoms. The van der Waals surface area contributed by atoms with Crippen molar-refractivity contribution < 1.29 is 19.0 Å². The van der Waals surface area contributed by atoms with Gasteiger partial charge < -0.3 is 14.2 Å². The summed E-state index contributed by atoms with van der Waals surface area (Å²) in [7, 11) is 1.70. The number of rotatable bonds is 5. The molecule has 0 aromatic heterocycles. The van der Waals surface area contributed by atoms with E-state index >= 15 is 0 Å². The third kappa shape index (κ3) is 4.12. The van der Waals surface area contributed by atoms with Gasteiger partial charge in [0.2, 0.25) is 5.78 Å². The highest BCUT2D eigenvalue weighted by atomic mass is 16.5.